The average Bonchev–Trinajstić information content (AvgIpc) is 2.61. The van der Waals surface area contributed by atoms with Crippen molar-refractivity contribution >= 4 is 0 Å². The molecule has 20 heavy (non-hydrogen) atoms. The molecule has 0 saturated carbocycles. The normalized spacial score (nSPS) is 39.6. The van der Waals surface area contributed by atoms with Gasteiger partial charge in [0.2, 0.25) is 0 Å². The van der Waals surface area contributed by atoms with Gasteiger partial charge in [-0.3, -0.25) is 14.3 Å². The summed E-state index contributed by atoms with van der Waals surface area (Å²) in [7, 11) is 0. The maximum absolute atomic E-state index is 14.4. The predicted octanol–water partition coefficient (Wildman–Crippen LogP) is -2.57. The van der Waals surface area contributed by atoms with E-state index in [2.05, 4.69) is 4.74 Å². The molecule has 4 atom stereocenters. The van der Waals surface area contributed by atoms with Gasteiger partial charge in [-0.1, -0.05) is 5.92 Å². The van der Waals surface area contributed by atoms with Crippen LogP contribution in [0.25, 0.3) is 0 Å². The number of H-pyrrole nitrogens is 1. The van der Waals surface area contributed by atoms with Crippen molar-refractivity contribution in [1.29, 1.82) is 0 Å². The summed E-state index contributed by atoms with van der Waals surface area (Å²) in [6, 6.07) is 0. The highest BCUT2D eigenvalue weighted by Crippen LogP contribution is 2.37. The van der Waals surface area contributed by atoms with Crippen LogP contribution in [-0.4, -0.2) is 49.5 Å². The number of hydrogen-bond acceptors (Lipinski definition) is 6. The standard InChI is InChI=1S/C11H11FN2O6/c1-2-5-3-14(10(19)13-8(5)18)9-6(16)7(17)11(12,4-15)20-9/h1,3,6-7,9,15-17H,4H2,(H,13,18,19)/t6-,7+,9-,11-/m1/s1/i4D2,9D. The van der Waals surface area contributed by atoms with Crippen LogP contribution in [-0.2, 0) is 4.74 Å². The largest absolute Gasteiger partial charge is 0.390 e. The topological polar surface area (TPSA) is 125 Å². The molecule has 1 aliphatic heterocycles. The number of nitrogens with one attached hydrogen (secondary N) is 1. The molecule has 1 aromatic rings. The Morgan fingerprint density at radius 3 is 2.85 bits per heavy atom. The van der Waals surface area contributed by atoms with E-state index in [-0.39, 0.29) is 4.57 Å². The van der Waals surface area contributed by atoms with Crippen molar-refractivity contribution in [1.82, 2.24) is 9.55 Å². The Kier molecular flexibility index (Phi) is 2.60. The van der Waals surface area contributed by atoms with E-state index in [9.17, 15) is 24.2 Å². The Hall–Kier alpha value is -1.99. The molecule has 2 rings (SSSR count). The molecule has 1 fully saturated rings. The maximum atomic E-state index is 14.4. The fraction of sp³-hybridized carbons (Fsp3) is 0.455. The number of alkyl halides is 1. The lowest BCUT2D eigenvalue weighted by Crippen LogP contribution is -2.42. The number of aliphatic hydroxyl groups excluding tert-OH is 2. The van der Waals surface area contributed by atoms with E-state index in [4.69, 9.17) is 15.6 Å². The van der Waals surface area contributed by atoms with Crippen LogP contribution in [0.1, 0.15) is 15.9 Å². The number of hydrogen-bond donors (Lipinski definition) is 4. The Balaban J connectivity index is 2.67. The van der Waals surface area contributed by atoms with Gasteiger partial charge in [0.1, 0.15) is 24.3 Å². The number of halogens is 1. The highest BCUT2D eigenvalue weighted by Gasteiger charge is 2.55. The number of rotatable bonds is 2. The smallest absolute Gasteiger partial charge is 0.330 e. The van der Waals surface area contributed by atoms with Crippen LogP contribution in [0.4, 0.5) is 4.39 Å². The van der Waals surface area contributed by atoms with Gasteiger partial charge in [0.15, 0.2) is 6.20 Å². The first-order chi connectivity index (χ1) is 10.4. The van der Waals surface area contributed by atoms with Gasteiger partial charge in [-0.25, -0.2) is 9.18 Å². The summed E-state index contributed by atoms with van der Waals surface area (Å²) >= 11 is 0. The molecule has 8 nitrogen and oxygen atoms in total. The molecule has 1 saturated heterocycles. The number of terminal acetylenes is 1. The molecule has 0 aromatic carbocycles. The lowest BCUT2D eigenvalue weighted by molar-refractivity contribution is -0.207. The van der Waals surface area contributed by atoms with E-state index in [0.717, 1.165) is 0 Å². The third-order valence-corrected chi connectivity index (χ3v) is 2.67. The summed E-state index contributed by atoms with van der Waals surface area (Å²) in [5.74, 6) is -2.04. The Morgan fingerprint density at radius 1 is 1.70 bits per heavy atom. The molecular weight excluding hydrogens is 275 g/mol. The zero-order chi connectivity index (χ0) is 17.8. The van der Waals surface area contributed by atoms with Crippen LogP contribution >= 0.6 is 0 Å². The zero-order valence-corrected chi connectivity index (χ0v) is 9.70. The van der Waals surface area contributed by atoms with Crippen LogP contribution in [0.15, 0.2) is 15.8 Å². The van der Waals surface area contributed by atoms with E-state index in [1.54, 1.807) is 4.98 Å². The van der Waals surface area contributed by atoms with Crippen LogP contribution < -0.4 is 11.2 Å². The van der Waals surface area contributed by atoms with Crippen molar-refractivity contribution < 1.29 is 28.6 Å². The predicted molar refractivity (Wildman–Crippen MR) is 62.3 cm³/mol. The van der Waals surface area contributed by atoms with E-state index < -0.39 is 47.6 Å². The van der Waals surface area contributed by atoms with Gasteiger partial charge >= 0.3 is 5.69 Å². The molecule has 0 bridgehead atoms. The first-order valence-corrected chi connectivity index (χ1v) is 5.19. The summed E-state index contributed by atoms with van der Waals surface area (Å²) in [6.07, 6.45) is -2.69. The molecule has 0 unspecified atom stereocenters. The van der Waals surface area contributed by atoms with Gasteiger partial charge in [-0.15, -0.1) is 6.42 Å². The molecule has 0 aliphatic carbocycles. The lowest BCUT2D eigenvalue weighted by atomic mass is 10.1. The minimum Gasteiger partial charge on any atom is -0.390 e. The molecule has 4 N–H and O–H groups in total. The fourth-order valence-corrected chi connectivity index (χ4v) is 1.63. The summed E-state index contributed by atoms with van der Waals surface area (Å²) in [6.45, 7) is -3.81. The Bertz CT molecular complexity index is 799. The summed E-state index contributed by atoms with van der Waals surface area (Å²) in [4.78, 5) is 24.9. The summed E-state index contributed by atoms with van der Waals surface area (Å²) in [5, 5.41) is 28.6. The molecule has 2 heterocycles. The van der Waals surface area contributed by atoms with Crippen molar-refractivity contribution in [3.05, 3.63) is 32.6 Å². The van der Waals surface area contributed by atoms with E-state index in [1.807, 2.05) is 5.92 Å². The number of aromatic amines is 1. The third-order valence-electron chi connectivity index (χ3n) is 2.67. The van der Waals surface area contributed by atoms with Crippen molar-refractivity contribution in [3.63, 3.8) is 0 Å². The SMILES string of the molecule is [2H]C([2H])(O)[C@@]1(F)O[C@@]([2H])(n2cc(C#C)c(=O)[nH]c2=O)[C@H](O)[C@@H]1O. The lowest BCUT2D eigenvalue weighted by Gasteiger charge is -2.19. The van der Waals surface area contributed by atoms with Crippen molar-refractivity contribution in [2.24, 2.45) is 0 Å². The fourth-order valence-electron chi connectivity index (χ4n) is 1.63. The van der Waals surface area contributed by atoms with Gasteiger partial charge in [0.25, 0.3) is 11.4 Å². The zero-order valence-electron chi connectivity index (χ0n) is 12.7. The van der Waals surface area contributed by atoms with E-state index in [0.29, 0.717) is 6.20 Å². The molecule has 1 aliphatic rings. The van der Waals surface area contributed by atoms with Gasteiger partial charge < -0.3 is 20.1 Å². The number of aliphatic hydroxyl groups is 3. The van der Waals surface area contributed by atoms with Gasteiger partial charge in [-0.05, 0) is 0 Å². The van der Waals surface area contributed by atoms with Gasteiger partial charge in [-0.2, -0.15) is 0 Å². The van der Waals surface area contributed by atoms with E-state index in [1.165, 1.54) is 0 Å². The van der Waals surface area contributed by atoms with Crippen molar-refractivity contribution in [3.8, 4) is 12.3 Å². The molecule has 9 heteroatoms. The monoisotopic (exact) mass is 289 g/mol. The first-order valence-electron chi connectivity index (χ1n) is 6.69. The minimum atomic E-state index is -3.92. The second-order valence-electron chi connectivity index (χ2n) is 3.90. The summed E-state index contributed by atoms with van der Waals surface area (Å²) < 4.78 is 40.8. The second kappa shape index (κ2) is 4.84. The summed E-state index contributed by atoms with van der Waals surface area (Å²) in [5.41, 5.74) is -2.79. The highest BCUT2D eigenvalue weighted by molar-refractivity contribution is 5.26. The Morgan fingerprint density at radius 2 is 2.35 bits per heavy atom. The number of aromatic nitrogens is 2. The van der Waals surface area contributed by atoms with Crippen LogP contribution in [0, 0.1) is 12.3 Å². The van der Waals surface area contributed by atoms with Crippen LogP contribution in [0.5, 0.6) is 0 Å². The number of nitrogens with zero attached hydrogens (tertiary/aromatic N) is 1. The molecule has 0 radical (unpaired) electrons. The molecule has 0 spiro atoms. The Labute approximate surface area is 115 Å². The van der Waals surface area contributed by atoms with Gasteiger partial charge in [0.05, 0.1) is 4.11 Å². The molecule has 0 amide bonds. The van der Waals surface area contributed by atoms with Crippen molar-refractivity contribution in [2.75, 3.05) is 6.56 Å². The van der Waals surface area contributed by atoms with Crippen LogP contribution in [0.3, 0.4) is 0 Å². The van der Waals surface area contributed by atoms with E-state index >= 15 is 0 Å². The first kappa shape index (κ1) is 10.8. The van der Waals surface area contributed by atoms with Crippen LogP contribution in [0.2, 0.25) is 0 Å². The third kappa shape index (κ3) is 2.04. The maximum Gasteiger partial charge on any atom is 0.330 e. The molecular formula is C11H11FN2O6. The van der Waals surface area contributed by atoms with Gasteiger partial charge in [0, 0.05) is 6.20 Å². The van der Waals surface area contributed by atoms with Crippen molar-refractivity contribution in [2.45, 2.75) is 24.3 Å². The second-order valence-corrected chi connectivity index (χ2v) is 3.90. The molecule has 1 aromatic heterocycles. The molecule has 108 valence electrons. The minimum absolute atomic E-state index is 0.171. The number of ether oxygens (including phenoxy) is 1. The highest BCUT2D eigenvalue weighted by atomic mass is 19.2. The average molecular weight is 289 g/mol. The quantitative estimate of drug-likeness (QED) is 0.443.